The van der Waals surface area contributed by atoms with Crippen LogP contribution < -0.4 is 0 Å². The lowest BCUT2D eigenvalue weighted by atomic mass is 10.0. The van der Waals surface area contributed by atoms with Crippen LogP contribution in [0.5, 0.6) is 0 Å². The molecule has 13 heavy (non-hydrogen) atoms. The van der Waals surface area contributed by atoms with Crippen molar-refractivity contribution in [2.75, 3.05) is 0 Å². The van der Waals surface area contributed by atoms with Crippen LogP contribution in [0, 0.1) is 12.7 Å². The van der Waals surface area contributed by atoms with Crippen molar-refractivity contribution < 1.29 is 9.18 Å². The van der Waals surface area contributed by atoms with Gasteiger partial charge in [-0.05, 0) is 37.0 Å². The van der Waals surface area contributed by atoms with Gasteiger partial charge in [0.25, 0.3) is 0 Å². The number of unbranched alkanes of at least 4 members (excludes halogenated alkanes) is 1. The SMILES string of the molecule is Cc1cccc(F)c1CCCC=O. The maximum absolute atomic E-state index is 13.2. The van der Waals surface area contributed by atoms with E-state index in [1.807, 2.05) is 13.0 Å². The highest BCUT2D eigenvalue weighted by Crippen LogP contribution is 2.14. The monoisotopic (exact) mass is 180 g/mol. The zero-order valence-electron chi connectivity index (χ0n) is 7.72. The van der Waals surface area contributed by atoms with Crippen molar-refractivity contribution in [3.63, 3.8) is 0 Å². The van der Waals surface area contributed by atoms with Crippen LogP contribution in [0.3, 0.4) is 0 Å². The van der Waals surface area contributed by atoms with E-state index in [1.54, 1.807) is 6.07 Å². The number of halogens is 1. The van der Waals surface area contributed by atoms with Crippen LogP contribution >= 0.6 is 0 Å². The smallest absolute Gasteiger partial charge is 0.126 e. The zero-order valence-corrected chi connectivity index (χ0v) is 7.72. The molecule has 0 unspecified atom stereocenters. The summed E-state index contributed by atoms with van der Waals surface area (Å²) in [4.78, 5) is 10.1. The average molecular weight is 180 g/mol. The highest BCUT2D eigenvalue weighted by atomic mass is 19.1. The van der Waals surface area contributed by atoms with E-state index in [9.17, 15) is 9.18 Å². The van der Waals surface area contributed by atoms with Crippen LogP contribution in [-0.2, 0) is 11.2 Å². The zero-order chi connectivity index (χ0) is 9.68. The third kappa shape index (κ3) is 2.65. The van der Waals surface area contributed by atoms with E-state index in [2.05, 4.69) is 0 Å². The number of hydrogen-bond donors (Lipinski definition) is 0. The third-order valence-electron chi connectivity index (χ3n) is 2.10. The minimum absolute atomic E-state index is 0.161. The summed E-state index contributed by atoms with van der Waals surface area (Å²) in [6.07, 6.45) is 2.76. The van der Waals surface area contributed by atoms with Crippen LogP contribution in [0.1, 0.15) is 24.0 Å². The molecule has 0 saturated carbocycles. The van der Waals surface area contributed by atoms with Gasteiger partial charge in [0.05, 0.1) is 0 Å². The molecule has 0 N–H and O–H groups in total. The van der Waals surface area contributed by atoms with Crippen molar-refractivity contribution >= 4 is 6.29 Å². The van der Waals surface area contributed by atoms with Crippen molar-refractivity contribution in [2.24, 2.45) is 0 Å². The fraction of sp³-hybridized carbons (Fsp3) is 0.364. The molecule has 0 saturated heterocycles. The van der Waals surface area contributed by atoms with Gasteiger partial charge in [-0.3, -0.25) is 0 Å². The maximum Gasteiger partial charge on any atom is 0.126 e. The minimum atomic E-state index is -0.161. The Morgan fingerprint density at radius 3 is 2.85 bits per heavy atom. The summed E-state index contributed by atoms with van der Waals surface area (Å²) in [5, 5.41) is 0. The Morgan fingerprint density at radius 1 is 1.46 bits per heavy atom. The molecule has 0 spiro atoms. The summed E-state index contributed by atoms with van der Waals surface area (Å²) in [7, 11) is 0. The van der Waals surface area contributed by atoms with Crippen molar-refractivity contribution in [3.8, 4) is 0 Å². The van der Waals surface area contributed by atoms with E-state index in [-0.39, 0.29) is 5.82 Å². The highest BCUT2D eigenvalue weighted by Gasteiger charge is 2.03. The number of aryl methyl sites for hydroxylation is 1. The lowest BCUT2D eigenvalue weighted by Crippen LogP contribution is -1.94. The molecule has 0 bridgehead atoms. The summed E-state index contributed by atoms with van der Waals surface area (Å²) in [6, 6.07) is 5.05. The second-order valence-corrected chi connectivity index (χ2v) is 3.09. The fourth-order valence-electron chi connectivity index (χ4n) is 1.35. The molecule has 0 aromatic heterocycles. The molecule has 2 heteroatoms. The summed E-state index contributed by atoms with van der Waals surface area (Å²) < 4.78 is 13.2. The third-order valence-corrected chi connectivity index (χ3v) is 2.10. The topological polar surface area (TPSA) is 17.1 Å². The molecule has 0 aliphatic rings. The summed E-state index contributed by atoms with van der Waals surface area (Å²) in [5.41, 5.74) is 1.70. The van der Waals surface area contributed by atoms with Gasteiger partial charge in [-0.1, -0.05) is 12.1 Å². The normalized spacial score (nSPS) is 10.0. The Hall–Kier alpha value is -1.18. The fourth-order valence-corrected chi connectivity index (χ4v) is 1.35. The first-order valence-corrected chi connectivity index (χ1v) is 4.43. The predicted molar refractivity (Wildman–Crippen MR) is 50.1 cm³/mol. The average Bonchev–Trinajstić information content (AvgIpc) is 2.10. The Bertz CT molecular complexity index is 274. The number of aldehydes is 1. The van der Waals surface area contributed by atoms with E-state index in [0.717, 1.165) is 23.8 Å². The molecule has 0 atom stereocenters. The molecule has 1 aromatic rings. The number of benzene rings is 1. The molecule has 0 radical (unpaired) electrons. The highest BCUT2D eigenvalue weighted by molar-refractivity contribution is 5.49. The molecule has 0 aliphatic carbocycles. The molecular weight excluding hydrogens is 167 g/mol. The second-order valence-electron chi connectivity index (χ2n) is 3.09. The Morgan fingerprint density at radius 2 is 2.23 bits per heavy atom. The molecule has 0 fully saturated rings. The quantitative estimate of drug-likeness (QED) is 0.514. The van der Waals surface area contributed by atoms with Crippen LogP contribution in [0.4, 0.5) is 4.39 Å². The Labute approximate surface area is 77.6 Å². The van der Waals surface area contributed by atoms with Crippen molar-refractivity contribution in [1.29, 1.82) is 0 Å². The largest absolute Gasteiger partial charge is 0.303 e. The van der Waals surface area contributed by atoms with E-state index in [1.165, 1.54) is 6.07 Å². The van der Waals surface area contributed by atoms with Gasteiger partial charge >= 0.3 is 0 Å². The summed E-state index contributed by atoms with van der Waals surface area (Å²) in [5.74, 6) is -0.161. The van der Waals surface area contributed by atoms with Gasteiger partial charge in [0.2, 0.25) is 0 Å². The van der Waals surface area contributed by atoms with Crippen LogP contribution in [0.2, 0.25) is 0 Å². The van der Waals surface area contributed by atoms with Crippen molar-refractivity contribution in [2.45, 2.75) is 26.2 Å². The number of carbonyl (C=O) groups excluding carboxylic acids is 1. The van der Waals surface area contributed by atoms with E-state index in [0.29, 0.717) is 12.8 Å². The first kappa shape index (κ1) is 9.90. The molecule has 0 heterocycles. The van der Waals surface area contributed by atoms with Gasteiger partial charge in [-0.2, -0.15) is 0 Å². The number of rotatable bonds is 4. The second kappa shape index (κ2) is 4.75. The first-order valence-electron chi connectivity index (χ1n) is 4.43. The van der Waals surface area contributed by atoms with Crippen LogP contribution in [0.25, 0.3) is 0 Å². The predicted octanol–water partition coefficient (Wildman–Crippen LogP) is 2.66. The molecular formula is C11H13FO. The van der Waals surface area contributed by atoms with Crippen molar-refractivity contribution in [1.82, 2.24) is 0 Å². The summed E-state index contributed by atoms with van der Waals surface area (Å²) in [6.45, 7) is 1.89. The Balaban J connectivity index is 2.69. The number of carbonyl (C=O) groups is 1. The van der Waals surface area contributed by atoms with E-state index >= 15 is 0 Å². The molecule has 1 nitrogen and oxygen atoms in total. The Kier molecular flexibility index (Phi) is 3.62. The molecule has 0 aliphatic heterocycles. The molecule has 1 aromatic carbocycles. The lowest BCUT2D eigenvalue weighted by molar-refractivity contribution is -0.107. The van der Waals surface area contributed by atoms with E-state index in [4.69, 9.17) is 0 Å². The van der Waals surface area contributed by atoms with Gasteiger partial charge in [-0.15, -0.1) is 0 Å². The van der Waals surface area contributed by atoms with Crippen molar-refractivity contribution in [3.05, 3.63) is 35.1 Å². The van der Waals surface area contributed by atoms with Gasteiger partial charge in [0, 0.05) is 6.42 Å². The van der Waals surface area contributed by atoms with Gasteiger partial charge < -0.3 is 4.79 Å². The lowest BCUT2D eigenvalue weighted by Gasteiger charge is -2.05. The van der Waals surface area contributed by atoms with Gasteiger partial charge in [0.15, 0.2) is 0 Å². The standard InChI is InChI=1S/C11H13FO/c1-9-5-4-7-11(12)10(9)6-2-3-8-13/h4-5,7-8H,2-3,6H2,1H3. The minimum Gasteiger partial charge on any atom is -0.303 e. The number of hydrogen-bond acceptors (Lipinski definition) is 1. The molecule has 0 amide bonds. The van der Waals surface area contributed by atoms with Gasteiger partial charge in [0.1, 0.15) is 12.1 Å². The maximum atomic E-state index is 13.2. The molecule has 1 rings (SSSR count). The molecule has 70 valence electrons. The summed E-state index contributed by atoms with van der Waals surface area (Å²) >= 11 is 0. The van der Waals surface area contributed by atoms with Crippen LogP contribution in [-0.4, -0.2) is 6.29 Å². The van der Waals surface area contributed by atoms with E-state index < -0.39 is 0 Å². The van der Waals surface area contributed by atoms with Crippen LogP contribution in [0.15, 0.2) is 18.2 Å². The first-order chi connectivity index (χ1) is 6.25. The van der Waals surface area contributed by atoms with Gasteiger partial charge in [-0.25, -0.2) is 4.39 Å².